The molecule has 0 aromatic carbocycles. The van der Waals surface area contributed by atoms with Gasteiger partial charge in [0.05, 0.1) is 7.11 Å². The summed E-state index contributed by atoms with van der Waals surface area (Å²) in [4.78, 5) is 6.45. The molecule has 0 spiro atoms. The van der Waals surface area contributed by atoms with Gasteiger partial charge in [-0.1, -0.05) is 0 Å². The van der Waals surface area contributed by atoms with Gasteiger partial charge in [-0.05, 0) is 0 Å². The van der Waals surface area contributed by atoms with Gasteiger partial charge >= 0.3 is 6.01 Å². The average Bonchev–Trinajstić information content (AvgIpc) is 2.67. The quantitative estimate of drug-likeness (QED) is 0.690. The molecule has 0 saturated carbocycles. The predicted molar refractivity (Wildman–Crippen MR) is 57.3 cm³/mol. The first kappa shape index (κ1) is 12.2. The molecule has 1 radical (unpaired) electrons. The number of nitrogens with one attached hydrogen (secondary N) is 1. The van der Waals surface area contributed by atoms with Crippen molar-refractivity contribution in [3.63, 3.8) is 0 Å². The molecule has 2 heterocycles. The van der Waals surface area contributed by atoms with E-state index in [1.54, 1.807) is 7.11 Å². The van der Waals surface area contributed by atoms with Crippen LogP contribution in [0.5, 0.6) is 6.01 Å². The molecular weight excluding hydrogens is 211 g/mol. The van der Waals surface area contributed by atoms with Gasteiger partial charge in [-0.15, -0.1) is 4.37 Å². The van der Waals surface area contributed by atoms with E-state index in [0.29, 0.717) is 6.01 Å². The van der Waals surface area contributed by atoms with Crippen LogP contribution in [0.15, 0.2) is 0 Å². The number of methoxy groups -OCH3 is 1. The molecule has 0 unspecified atom stereocenters. The van der Waals surface area contributed by atoms with Crippen LogP contribution in [0.1, 0.15) is 0 Å². The van der Waals surface area contributed by atoms with Crippen LogP contribution in [-0.2, 0) is 0 Å². The standard InChI is InChI=1S/C7H12N4OS.Na/c1-12-6-9-7(13-10-6)11-4-2-8-3-5-11;/h8H,2-5H2,1H3;. The van der Waals surface area contributed by atoms with Crippen molar-refractivity contribution in [1.82, 2.24) is 14.7 Å². The normalized spacial score (nSPS) is 16.2. The summed E-state index contributed by atoms with van der Waals surface area (Å²) >= 11 is 1.39. The molecule has 1 aromatic rings. The van der Waals surface area contributed by atoms with E-state index < -0.39 is 0 Å². The molecule has 7 heteroatoms. The van der Waals surface area contributed by atoms with Crippen molar-refractivity contribution in [3.05, 3.63) is 0 Å². The van der Waals surface area contributed by atoms with Crippen molar-refractivity contribution in [2.75, 3.05) is 38.2 Å². The first-order valence-electron chi connectivity index (χ1n) is 4.23. The Morgan fingerprint density at radius 2 is 2.14 bits per heavy atom. The van der Waals surface area contributed by atoms with Gasteiger partial charge in [0, 0.05) is 67.3 Å². The van der Waals surface area contributed by atoms with Crippen LogP contribution in [0.3, 0.4) is 0 Å². The Morgan fingerprint density at radius 3 is 2.71 bits per heavy atom. The number of hydrogen-bond donors (Lipinski definition) is 1. The van der Waals surface area contributed by atoms with E-state index in [2.05, 4.69) is 19.6 Å². The molecular formula is C7H12N4NaOS. The third kappa shape index (κ3) is 2.80. The summed E-state index contributed by atoms with van der Waals surface area (Å²) in [6.45, 7) is 4.03. The Morgan fingerprint density at radius 1 is 1.43 bits per heavy atom. The smallest absolute Gasteiger partial charge is 0.329 e. The number of piperazine rings is 1. The second-order valence-corrected chi connectivity index (χ2v) is 3.53. The van der Waals surface area contributed by atoms with E-state index in [9.17, 15) is 0 Å². The number of ether oxygens (including phenoxy) is 1. The minimum Gasteiger partial charge on any atom is -0.466 e. The molecule has 0 bridgehead atoms. The van der Waals surface area contributed by atoms with Crippen molar-refractivity contribution in [2.45, 2.75) is 0 Å². The molecule has 5 nitrogen and oxygen atoms in total. The fourth-order valence-corrected chi connectivity index (χ4v) is 1.96. The van der Waals surface area contributed by atoms with Gasteiger partial charge in [0.25, 0.3) is 0 Å². The zero-order valence-electron chi connectivity index (χ0n) is 8.49. The molecule has 1 N–H and O–H groups in total. The molecule has 1 aromatic heterocycles. The van der Waals surface area contributed by atoms with Crippen LogP contribution < -0.4 is 15.0 Å². The Balaban J connectivity index is 0.000000980. The SMILES string of the molecule is COc1nsc(N2CCNCC2)n1.[Na]. The van der Waals surface area contributed by atoms with Crippen LogP contribution in [0.25, 0.3) is 0 Å². The van der Waals surface area contributed by atoms with Gasteiger partial charge in [-0.3, -0.25) is 0 Å². The summed E-state index contributed by atoms with van der Waals surface area (Å²) in [6.07, 6.45) is 0. The summed E-state index contributed by atoms with van der Waals surface area (Å²) in [5.41, 5.74) is 0. The van der Waals surface area contributed by atoms with E-state index in [1.165, 1.54) is 11.5 Å². The molecule has 2 rings (SSSR count). The summed E-state index contributed by atoms with van der Waals surface area (Å²) in [7, 11) is 1.59. The molecule has 14 heavy (non-hydrogen) atoms. The molecule has 0 atom stereocenters. The molecule has 0 aliphatic carbocycles. The molecule has 1 aliphatic rings. The zero-order valence-corrected chi connectivity index (χ0v) is 11.3. The fraction of sp³-hybridized carbons (Fsp3) is 0.714. The molecule has 0 amide bonds. The maximum Gasteiger partial charge on any atom is 0.329 e. The summed E-state index contributed by atoms with van der Waals surface area (Å²) < 4.78 is 8.99. The van der Waals surface area contributed by atoms with Crippen molar-refractivity contribution < 1.29 is 4.74 Å². The van der Waals surface area contributed by atoms with Crippen molar-refractivity contribution in [1.29, 1.82) is 0 Å². The van der Waals surface area contributed by atoms with Gasteiger partial charge < -0.3 is 15.0 Å². The van der Waals surface area contributed by atoms with Crippen molar-refractivity contribution in [3.8, 4) is 6.01 Å². The van der Waals surface area contributed by atoms with Gasteiger partial charge in [-0.25, -0.2) is 0 Å². The Bertz CT molecular complexity index is 276. The molecule has 1 saturated heterocycles. The largest absolute Gasteiger partial charge is 0.466 e. The van der Waals surface area contributed by atoms with E-state index in [4.69, 9.17) is 4.74 Å². The Kier molecular flexibility index (Phi) is 5.11. The average molecular weight is 223 g/mol. The number of anilines is 1. The van der Waals surface area contributed by atoms with Crippen LogP contribution in [-0.4, -0.2) is 72.2 Å². The van der Waals surface area contributed by atoms with E-state index >= 15 is 0 Å². The van der Waals surface area contributed by atoms with Crippen molar-refractivity contribution >= 4 is 46.2 Å². The first-order chi connectivity index (χ1) is 6.40. The van der Waals surface area contributed by atoms with Gasteiger partial charge in [0.2, 0.25) is 5.13 Å². The molecule has 1 fully saturated rings. The molecule has 73 valence electrons. The molecule has 1 aliphatic heterocycles. The van der Waals surface area contributed by atoms with Crippen LogP contribution in [0.4, 0.5) is 5.13 Å². The first-order valence-corrected chi connectivity index (χ1v) is 5.01. The van der Waals surface area contributed by atoms with Gasteiger partial charge in [0.15, 0.2) is 0 Å². The summed E-state index contributed by atoms with van der Waals surface area (Å²) in [5.74, 6) is 0. The second kappa shape index (κ2) is 5.87. The fourth-order valence-electron chi connectivity index (χ4n) is 1.27. The van der Waals surface area contributed by atoms with E-state index in [-0.39, 0.29) is 29.6 Å². The van der Waals surface area contributed by atoms with Crippen molar-refractivity contribution in [2.24, 2.45) is 0 Å². The zero-order chi connectivity index (χ0) is 9.10. The van der Waals surface area contributed by atoms with Crippen LogP contribution in [0.2, 0.25) is 0 Å². The van der Waals surface area contributed by atoms with E-state index in [0.717, 1.165) is 31.3 Å². The Hall–Kier alpha value is 0.120. The topological polar surface area (TPSA) is 50.3 Å². The second-order valence-electron chi connectivity index (χ2n) is 2.80. The number of aromatic nitrogens is 2. The monoisotopic (exact) mass is 223 g/mol. The van der Waals surface area contributed by atoms with Crippen LogP contribution in [0, 0.1) is 0 Å². The summed E-state index contributed by atoms with van der Waals surface area (Å²) in [5, 5.41) is 4.25. The van der Waals surface area contributed by atoms with Crippen LogP contribution >= 0.6 is 11.5 Å². The third-order valence-corrected chi connectivity index (χ3v) is 2.73. The maximum atomic E-state index is 4.93. The minimum atomic E-state index is 0. The van der Waals surface area contributed by atoms with Gasteiger partial charge in [-0.2, -0.15) is 4.98 Å². The number of rotatable bonds is 2. The number of hydrogen-bond acceptors (Lipinski definition) is 6. The minimum absolute atomic E-state index is 0. The Labute approximate surface area is 109 Å². The van der Waals surface area contributed by atoms with Gasteiger partial charge in [0.1, 0.15) is 0 Å². The maximum absolute atomic E-state index is 4.93. The summed E-state index contributed by atoms with van der Waals surface area (Å²) in [6, 6.07) is 0.471. The third-order valence-electron chi connectivity index (χ3n) is 1.97. The number of nitrogens with zero attached hydrogens (tertiary/aromatic N) is 3. The van der Waals surface area contributed by atoms with E-state index in [1.807, 2.05) is 0 Å². The predicted octanol–water partition coefficient (Wildman–Crippen LogP) is -0.425.